The molecule has 0 aliphatic rings. The Hall–Kier alpha value is -2.43. The molecular weight excluding hydrogens is 230 g/mol. The number of carbonyl (C=O) groups is 1. The first-order valence-corrected chi connectivity index (χ1v) is 5.47. The van der Waals surface area contributed by atoms with Crippen LogP contribution in [0.2, 0.25) is 0 Å². The molecular formula is C13H13N3O2. The number of hydrogen-bond acceptors (Lipinski definition) is 4. The monoisotopic (exact) mass is 243 g/mol. The van der Waals surface area contributed by atoms with Gasteiger partial charge in [-0.15, -0.1) is 0 Å². The lowest BCUT2D eigenvalue weighted by atomic mass is 10.1. The van der Waals surface area contributed by atoms with Gasteiger partial charge in [0.1, 0.15) is 0 Å². The van der Waals surface area contributed by atoms with E-state index >= 15 is 0 Å². The Morgan fingerprint density at radius 1 is 1.22 bits per heavy atom. The minimum absolute atomic E-state index is 0.0312. The molecule has 0 aliphatic carbocycles. The largest absolute Gasteiger partial charge is 0.477 e. The van der Waals surface area contributed by atoms with E-state index in [-0.39, 0.29) is 11.6 Å². The van der Waals surface area contributed by atoms with Crippen LogP contribution in [0.4, 0.5) is 11.6 Å². The van der Waals surface area contributed by atoms with E-state index in [0.29, 0.717) is 0 Å². The fourth-order valence-corrected chi connectivity index (χ4v) is 1.49. The highest BCUT2D eigenvalue weighted by molar-refractivity contribution is 5.85. The number of aromatic carboxylic acids is 1. The Balaban J connectivity index is 2.25. The van der Waals surface area contributed by atoms with Gasteiger partial charge in [0.25, 0.3) is 0 Å². The van der Waals surface area contributed by atoms with Gasteiger partial charge in [0, 0.05) is 11.9 Å². The second-order valence-electron chi connectivity index (χ2n) is 3.99. The van der Waals surface area contributed by atoms with Crippen LogP contribution in [0.5, 0.6) is 0 Å². The van der Waals surface area contributed by atoms with Gasteiger partial charge in [-0.2, -0.15) is 0 Å². The first-order chi connectivity index (χ1) is 8.56. The van der Waals surface area contributed by atoms with Crippen LogP contribution in [0.15, 0.2) is 30.5 Å². The van der Waals surface area contributed by atoms with Crippen molar-refractivity contribution in [3.8, 4) is 0 Å². The summed E-state index contributed by atoms with van der Waals surface area (Å²) < 4.78 is 0. The number of nitrogens with zero attached hydrogens (tertiary/aromatic N) is 2. The predicted octanol–water partition coefficient (Wildman–Crippen LogP) is 2.54. The molecule has 0 fully saturated rings. The zero-order valence-electron chi connectivity index (χ0n) is 10.1. The molecule has 1 aromatic heterocycles. The number of carboxylic acids is 1. The Labute approximate surface area is 105 Å². The highest BCUT2D eigenvalue weighted by Crippen LogP contribution is 2.17. The zero-order valence-corrected chi connectivity index (χ0v) is 10.1. The summed E-state index contributed by atoms with van der Waals surface area (Å²) in [6, 6.07) is 7.21. The number of nitrogens with one attached hydrogen (secondary N) is 1. The fourth-order valence-electron chi connectivity index (χ4n) is 1.49. The highest BCUT2D eigenvalue weighted by Gasteiger charge is 2.06. The summed E-state index contributed by atoms with van der Waals surface area (Å²) in [6.45, 7) is 4.04. The van der Waals surface area contributed by atoms with E-state index in [1.807, 2.05) is 32.0 Å². The molecule has 0 spiro atoms. The third-order valence-electron chi connectivity index (χ3n) is 2.64. The molecule has 0 saturated heterocycles. The number of anilines is 2. The van der Waals surface area contributed by atoms with E-state index in [0.717, 1.165) is 11.3 Å². The molecule has 5 nitrogen and oxygen atoms in total. The van der Waals surface area contributed by atoms with Crippen molar-refractivity contribution < 1.29 is 9.90 Å². The lowest BCUT2D eigenvalue weighted by molar-refractivity contribution is 0.0690. The van der Waals surface area contributed by atoms with E-state index in [1.165, 1.54) is 17.8 Å². The van der Waals surface area contributed by atoms with Gasteiger partial charge < -0.3 is 10.4 Å². The molecule has 0 atom stereocenters. The van der Waals surface area contributed by atoms with Crippen LogP contribution in [-0.2, 0) is 0 Å². The average Bonchev–Trinajstić information content (AvgIpc) is 2.34. The minimum Gasteiger partial charge on any atom is -0.477 e. The molecule has 0 unspecified atom stereocenters. The second kappa shape index (κ2) is 4.83. The molecule has 92 valence electrons. The smallest absolute Gasteiger partial charge is 0.354 e. The number of rotatable bonds is 3. The Morgan fingerprint density at radius 3 is 2.67 bits per heavy atom. The maximum absolute atomic E-state index is 10.8. The van der Waals surface area contributed by atoms with Crippen LogP contribution in [0.25, 0.3) is 0 Å². The summed E-state index contributed by atoms with van der Waals surface area (Å²) in [5.41, 5.74) is 3.15. The molecule has 2 N–H and O–H groups in total. The topological polar surface area (TPSA) is 75.1 Å². The molecule has 0 aliphatic heterocycles. The fraction of sp³-hybridized carbons (Fsp3) is 0.154. The summed E-state index contributed by atoms with van der Waals surface area (Å²) in [5, 5.41) is 11.8. The van der Waals surface area contributed by atoms with Crippen molar-refractivity contribution >= 4 is 17.6 Å². The third-order valence-corrected chi connectivity index (χ3v) is 2.64. The lowest BCUT2D eigenvalue weighted by Gasteiger charge is -2.07. The first kappa shape index (κ1) is 12.0. The van der Waals surface area contributed by atoms with Gasteiger partial charge in [-0.05, 0) is 43.2 Å². The molecule has 0 saturated carbocycles. The van der Waals surface area contributed by atoms with Gasteiger partial charge in [0.05, 0.1) is 0 Å². The van der Waals surface area contributed by atoms with Crippen molar-refractivity contribution in [2.24, 2.45) is 0 Å². The van der Waals surface area contributed by atoms with E-state index in [9.17, 15) is 4.79 Å². The van der Waals surface area contributed by atoms with Crippen LogP contribution in [0.1, 0.15) is 21.6 Å². The summed E-state index contributed by atoms with van der Waals surface area (Å²) in [7, 11) is 0. The van der Waals surface area contributed by atoms with Crippen LogP contribution < -0.4 is 5.32 Å². The van der Waals surface area contributed by atoms with Crippen molar-refractivity contribution in [2.45, 2.75) is 13.8 Å². The van der Waals surface area contributed by atoms with Gasteiger partial charge in [-0.25, -0.2) is 14.8 Å². The van der Waals surface area contributed by atoms with E-state index in [1.54, 1.807) is 0 Å². The predicted molar refractivity (Wildman–Crippen MR) is 68.2 cm³/mol. The molecule has 2 rings (SSSR count). The SMILES string of the molecule is Cc1ccc(Nc2nccc(C(=O)O)n2)cc1C. The zero-order chi connectivity index (χ0) is 13.1. The highest BCUT2D eigenvalue weighted by atomic mass is 16.4. The molecule has 2 aromatic rings. The number of aromatic nitrogens is 2. The van der Waals surface area contributed by atoms with E-state index in [4.69, 9.17) is 5.11 Å². The number of aryl methyl sites for hydroxylation is 2. The van der Waals surface area contributed by atoms with Crippen LogP contribution in [0, 0.1) is 13.8 Å². The van der Waals surface area contributed by atoms with Crippen molar-refractivity contribution in [3.05, 3.63) is 47.3 Å². The number of benzene rings is 1. The standard InChI is InChI=1S/C13H13N3O2/c1-8-3-4-10(7-9(8)2)15-13-14-6-5-11(16-13)12(17)18/h3-7H,1-2H3,(H,17,18)(H,14,15,16). The van der Waals surface area contributed by atoms with Gasteiger partial charge in [0.15, 0.2) is 5.69 Å². The molecule has 0 radical (unpaired) electrons. The molecule has 1 aromatic carbocycles. The van der Waals surface area contributed by atoms with Gasteiger partial charge in [-0.3, -0.25) is 0 Å². The van der Waals surface area contributed by atoms with E-state index < -0.39 is 5.97 Å². The Morgan fingerprint density at radius 2 is 2.00 bits per heavy atom. The summed E-state index contributed by atoms with van der Waals surface area (Å²) in [4.78, 5) is 18.7. The summed E-state index contributed by atoms with van der Waals surface area (Å²) in [6.07, 6.45) is 1.42. The maximum atomic E-state index is 10.8. The van der Waals surface area contributed by atoms with Gasteiger partial charge in [-0.1, -0.05) is 6.07 Å². The van der Waals surface area contributed by atoms with Crippen molar-refractivity contribution in [3.63, 3.8) is 0 Å². The lowest BCUT2D eigenvalue weighted by Crippen LogP contribution is -2.04. The van der Waals surface area contributed by atoms with Crippen molar-refractivity contribution in [1.82, 2.24) is 9.97 Å². The van der Waals surface area contributed by atoms with Crippen molar-refractivity contribution in [2.75, 3.05) is 5.32 Å². The minimum atomic E-state index is -1.07. The Bertz CT molecular complexity index is 597. The summed E-state index contributed by atoms with van der Waals surface area (Å²) >= 11 is 0. The third kappa shape index (κ3) is 2.63. The van der Waals surface area contributed by atoms with Crippen LogP contribution in [0.3, 0.4) is 0 Å². The van der Waals surface area contributed by atoms with E-state index in [2.05, 4.69) is 15.3 Å². The molecule has 0 amide bonds. The maximum Gasteiger partial charge on any atom is 0.354 e. The first-order valence-electron chi connectivity index (χ1n) is 5.47. The normalized spacial score (nSPS) is 10.1. The second-order valence-corrected chi connectivity index (χ2v) is 3.99. The van der Waals surface area contributed by atoms with Crippen LogP contribution in [-0.4, -0.2) is 21.0 Å². The number of hydrogen-bond donors (Lipinski definition) is 2. The van der Waals surface area contributed by atoms with Gasteiger partial charge in [0.2, 0.25) is 5.95 Å². The molecule has 0 bridgehead atoms. The average molecular weight is 243 g/mol. The quantitative estimate of drug-likeness (QED) is 0.866. The molecule has 1 heterocycles. The van der Waals surface area contributed by atoms with Gasteiger partial charge >= 0.3 is 5.97 Å². The molecule has 18 heavy (non-hydrogen) atoms. The molecule has 5 heteroatoms. The summed E-state index contributed by atoms with van der Waals surface area (Å²) in [5.74, 6) is -0.793. The Kier molecular flexibility index (Phi) is 3.23. The number of carboxylic acid groups (broad SMARTS) is 1. The van der Waals surface area contributed by atoms with Crippen molar-refractivity contribution in [1.29, 1.82) is 0 Å². The van der Waals surface area contributed by atoms with Crippen LogP contribution >= 0.6 is 0 Å².